The molecule has 0 amide bonds. The number of halogens is 1. The maximum atomic E-state index is 14.0. The van der Waals surface area contributed by atoms with E-state index in [9.17, 15) is 9.50 Å². The van der Waals surface area contributed by atoms with Crippen molar-refractivity contribution in [2.24, 2.45) is 0 Å². The van der Waals surface area contributed by atoms with Crippen molar-refractivity contribution in [2.45, 2.75) is 22.8 Å². The summed E-state index contributed by atoms with van der Waals surface area (Å²) in [5.74, 6) is 1.03. The van der Waals surface area contributed by atoms with Gasteiger partial charge in [0.25, 0.3) is 0 Å². The Morgan fingerprint density at radius 3 is 2.67 bits per heavy atom. The zero-order valence-electron chi connectivity index (χ0n) is 11.5. The molecule has 110 valence electrons. The summed E-state index contributed by atoms with van der Waals surface area (Å²) in [6, 6.07) is 10.2. The highest BCUT2D eigenvalue weighted by Gasteiger charge is 2.16. The van der Waals surface area contributed by atoms with E-state index in [2.05, 4.69) is 0 Å². The summed E-state index contributed by atoms with van der Waals surface area (Å²) < 4.78 is 25.0. The van der Waals surface area contributed by atoms with Crippen LogP contribution in [-0.2, 0) is 0 Å². The molecule has 0 radical (unpaired) electrons. The lowest BCUT2D eigenvalue weighted by Gasteiger charge is -2.19. The van der Waals surface area contributed by atoms with Crippen molar-refractivity contribution >= 4 is 11.8 Å². The Morgan fingerprint density at radius 1 is 1.14 bits per heavy atom. The zero-order chi connectivity index (χ0) is 14.8. The minimum absolute atomic E-state index is 0.340. The van der Waals surface area contributed by atoms with Gasteiger partial charge in [-0.25, -0.2) is 4.39 Å². The van der Waals surface area contributed by atoms with Gasteiger partial charge in [-0.3, -0.25) is 0 Å². The fraction of sp³-hybridized carbons (Fsp3) is 0.250. The molecule has 1 aliphatic rings. The molecule has 3 nitrogen and oxygen atoms in total. The molecule has 1 heterocycles. The van der Waals surface area contributed by atoms with Gasteiger partial charge in [-0.05, 0) is 36.8 Å². The Balaban J connectivity index is 1.94. The van der Waals surface area contributed by atoms with Crippen molar-refractivity contribution in [3.05, 3.63) is 47.8 Å². The molecule has 0 fully saturated rings. The van der Waals surface area contributed by atoms with Crippen molar-refractivity contribution in [1.29, 1.82) is 0 Å². The second-order valence-corrected chi connectivity index (χ2v) is 5.83. The lowest BCUT2D eigenvalue weighted by atomic mass is 10.1. The predicted octanol–water partition coefficient (Wildman–Crippen LogP) is 3.80. The average Bonchev–Trinajstić information content (AvgIpc) is 2.49. The van der Waals surface area contributed by atoms with Crippen LogP contribution in [0.5, 0.6) is 11.5 Å². The van der Waals surface area contributed by atoms with Gasteiger partial charge in [0.15, 0.2) is 11.5 Å². The van der Waals surface area contributed by atoms with E-state index in [1.807, 2.05) is 18.2 Å². The first kappa shape index (κ1) is 14.2. The van der Waals surface area contributed by atoms with Crippen molar-refractivity contribution in [1.82, 2.24) is 0 Å². The molecular weight excluding hydrogens is 291 g/mol. The van der Waals surface area contributed by atoms with Crippen LogP contribution in [0.25, 0.3) is 0 Å². The number of aliphatic hydroxyl groups excluding tert-OH is 1. The number of hydrogen-bond donors (Lipinski definition) is 1. The molecule has 0 saturated heterocycles. The van der Waals surface area contributed by atoms with Crippen LogP contribution < -0.4 is 9.47 Å². The summed E-state index contributed by atoms with van der Waals surface area (Å²) in [5, 5.41) is 9.77. The van der Waals surface area contributed by atoms with Crippen molar-refractivity contribution in [3.8, 4) is 11.5 Å². The van der Waals surface area contributed by atoms with E-state index in [4.69, 9.17) is 9.47 Å². The topological polar surface area (TPSA) is 38.7 Å². The number of hydrogen-bond acceptors (Lipinski definition) is 4. The molecule has 0 aromatic heterocycles. The van der Waals surface area contributed by atoms with Gasteiger partial charge < -0.3 is 14.6 Å². The van der Waals surface area contributed by atoms with Gasteiger partial charge in [0.05, 0.1) is 11.0 Å². The number of fused-ring (bicyclic) bond motifs is 1. The third-order valence-electron chi connectivity index (χ3n) is 3.18. The lowest BCUT2D eigenvalue weighted by molar-refractivity contribution is 0.171. The molecule has 21 heavy (non-hydrogen) atoms. The van der Waals surface area contributed by atoms with Crippen LogP contribution in [0.1, 0.15) is 18.6 Å². The van der Waals surface area contributed by atoms with E-state index in [0.717, 1.165) is 4.90 Å². The normalized spacial score (nSPS) is 14.8. The largest absolute Gasteiger partial charge is 0.486 e. The molecule has 0 spiro atoms. The summed E-state index contributed by atoms with van der Waals surface area (Å²) in [7, 11) is 0. The highest BCUT2D eigenvalue weighted by atomic mass is 32.2. The summed E-state index contributed by atoms with van der Waals surface area (Å²) in [4.78, 5) is 1.27. The first-order chi connectivity index (χ1) is 10.1. The maximum Gasteiger partial charge on any atom is 0.162 e. The fourth-order valence-electron chi connectivity index (χ4n) is 2.17. The van der Waals surface area contributed by atoms with Gasteiger partial charge in [0.1, 0.15) is 19.0 Å². The quantitative estimate of drug-likeness (QED) is 0.936. The molecule has 1 atom stereocenters. The van der Waals surface area contributed by atoms with E-state index in [-0.39, 0.29) is 5.82 Å². The molecule has 1 unspecified atom stereocenters. The van der Waals surface area contributed by atoms with E-state index in [1.54, 1.807) is 19.1 Å². The van der Waals surface area contributed by atoms with Crippen LogP contribution in [0, 0.1) is 5.82 Å². The molecule has 2 aromatic carbocycles. The first-order valence-corrected chi connectivity index (χ1v) is 7.51. The minimum atomic E-state index is -0.722. The highest BCUT2D eigenvalue weighted by molar-refractivity contribution is 7.99. The Kier molecular flexibility index (Phi) is 4.03. The molecule has 0 aliphatic carbocycles. The molecule has 3 rings (SSSR count). The Morgan fingerprint density at radius 2 is 1.90 bits per heavy atom. The smallest absolute Gasteiger partial charge is 0.162 e. The Labute approximate surface area is 126 Å². The SMILES string of the molecule is CC(O)c1cccc(F)c1Sc1ccc2c(c1)OCCO2. The summed E-state index contributed by atoms with van der Waals surface area (Å²) >= 11 is 1.27. The van der Waals surface area contributed by atoms with Crippen LogP contribution in [0.15, 0.2) is 46.2 Å². The molecular formula is C16H15FO3S. The average molecular weight is 306 g/mol. The third-order valence-corrected chi connectivity index (χ3v) is 4.31. The van der Waals surface area contributed by atoms with E-state index in [1.165, 1.54) is 17.8 Å². The Bertz CT molecular complexity index is 658. The zero-order valence-corrected chi connectivity index (χ0v) is 12.3. The third kappa shape index (κ3) is 2.99. The minimum Gasteiger partial charge on any atom is -0.486 e. The van der Waals surface area contributed by atoms with Gasteiger partial charge in [-0.1, -0.05) is 23.9 Å². The van der Waals surface area contributed by atoms with Crippen LogP contribution in [0.3, 0.4) is 0 Å². The van der Waals surface area contributed by atoms with Crippen molar-refractivity contribution in [2.75, 3.05) is 13.2 Å². The molecule has 1 N–H and O–H groups in total. The molecule has 1 aliphatic heterocycles. The summed E-state index contributed by atoms with van der Waals surface area (Å²) in [6.07, 6.45) is -0.722. The highest BCUT2D eigenvalue weighted by Crippen LogP contribution is 2.39. The van der Waals surface area contributed by atoms with Gasteiger partial charge in [0.2, 0.25) is 0 Å². The first-order valence-electron chi connectivity index (χ1n) is 6.69. The summed E-state index contributed by atoms with van der Waals surface area (Å²) in [5.41, 5.74) is 0.579. The fourth-order valence-corrected chi connectivity index (χ4v) is 3.23. The second-order valence-electron chi connectivity index (χ2n) is 4.74. The predicted molar refractivity (Wildman–Crippen MR) is 78.6 cm³/mol. The second kappa shape index (κ2) is 5.95. The van der Waals surface area contributed by atoms with E-state index in [0.29, 0.717) is 35.2 Å². The van der Waals surface area contributed by atoms with Gasteiger partial charge >= 0.3 is 0 Å². The molecule has 0 bridgehead atoms. The van der Waals surface area contributed by atoms with Gasteiger partial charge in [-0.15, -0.1) is 0 Å². The molecule has 0 saturated carbocycles. The van der Waals surface area contributed by atoms with Crippen molar-refractivity contribution in [3.63, 3.8) is 0 Å². The van der Waals surface area contributed by atoms with E-state index >= 15 is 0 Å². The van der Waals surface area contributed by atoms with Gasteiger partial charge in [0, 0.05) is 4.90 Å². The number of ether oxygens (including phenoxy) is 2. The number of rotatable bonds is 3. The monoisotopic (exact) mass is 306 g/mol. The molecule has 5 heteroatoms. The Hall–Kier alpha value is -1.72. The molecule has 2 aromatic rings. The van der Waals surface area contributed by atoms with Crippen LogP contribution in [0.4, 0.5) is 4.39 Å². The number of benzene rings is 2. The maximum absolute atomic E-state index is 14.0. The van der Waals surface area contributed by atoms with Gasteiger partial charge in [-0.2, -0.15) is 0 Å². The lowest BCUT2D eigenvalue weighted by Crippen LogP contribution is -2.15. The van der Waals surface area contributed by atoms with E-state index < -0.39 is 6.10 Å². The standard InChI is InChI=1S/C16H15FO3S/c1-10(18)12-3-2-4-13(17)16(12)21-11-5-6-14-15(9-11)20-8-7-19-14/h2-6,9-10,18H,7-8H2,1H3. The number of aliphatic hydroxyl groups is 1. The van der Waals surface area contributed by atoms with Crippen molar-refractivity contribution < 1.29 is 19.0 Å². The van der Waals surface area contributed by atoms with Crippen LogP contribution in [-0.4, -0.2) is 18.3 Å². The van der Waals surface area contributed by atoms with Crippen LogP contribution in [0.2, 0.25) is 0 Å². The van der Waals surface area contributed by atoms with Crippen LogP contribution >= 0.6 is 11.8 Å². The summed E-state index contributed by atoms with van der Waals surface area (Å²) in [6.45, 7) is 2.68.